The van der Waals surface area contributed by atoms with E-state index in [4.69, 9.17) is 12.2 Å². The van der Waals surface area contributed by atoms with E-state index >= 15 is 0 Å². The molecule has 1 aromatic heterocycles. The maximum Gasteiger partial charge on any atom is 0.257 e. The average Bonchev–Trinajstić information content (AvgIpc) is 3.21. The number of thiocarbonyl (C=S) groups is 1. The van der Waals surface area contributed by atoms with Crippen LogP contribution in [0.2, 0.25) is 0 Å². The first-order valence-corrected chi connectivity index (χ1v) is 11.5. The zero-order valence-electron chi connectivity index (χ0n) is 19.1. The topological polar surface area (TPSA) is 71.8 Å². The fraction of sp³-hybridized carbons (Fsp3) is 0.231. The zero-order chi connectivity index (χ0) is 23.4. The number of aryl methyl sites for hydroxylation is 3. The molecule has 7 heteroatoms. The number of benzene rings is 3. The Labute approximate surface area is 199 Å². The van der Waals surface area contributed by atoms with E-state index in [1.54, 1.807) is 10.9 Å². The van der Waals surface area contributed by atoms with Crippen LogP contribution in [0.25, 0.3) is 16.7 Å². The number of carbonyl (C=O) groups excluding carboxylic acids is 1. The molecule has 6 nitrogen and oxygen atoms in total. The van der Waals surface area contributed by atoms with Crippen LogP contribution < -0.4 is 10.6 Å². The maximum atomic E-state index is 12.5. The predicted molar refractivity (Wildman–Crippen MR) is 137 cm³/mol. The summed E-state index contributed by atoms with van der Waals surface area (Å²) in [4.78, 5) is 14.2. The average molecular weight is 458 g/mol. The van der Waals surface area contributed by atoms with E-state index in [1.807, 2.05) is 56.3 Å². The highest BCUT2D eigenvalue weighted by atomic mass is 32.1. The molecule has 0 unspecified atom stereocenters. The number of unbranched alkanes of at least 4 members (excludes halogenated alkanes) is 1. The van der Waals surface area contributed by atoms with Gasteiger partial charge in [0.1, 0.15) is 11.0 Å². The van der Waals surface area contributed by atoms with Gasteiger partial charge in [-0.25, -0.2) is 0 Å². The lowest BCUT2D eigenvalue weighted by atomic mass is 10.1. The minimum atomic E-state index is -0.238. The summed E-state index contributed by atoms with van der Waals surface area (Å²) < 4.78 is 0. The Hall–Kier alpha value is -3.58. The molecule has 0 radical (unpaired) electrons. The van der Waals surface area contributed by atoms with Crippen molar-refractivity contribution in [3.8, 4) is 5.69 Å². The van der Waals surface area contributed by atoms with Gasteiger partial charge in [0.15, 0.2) is 5.11 Å². The summed E-state index contributed by atoms with van der Waals surface area (Å²) in [5, 5.41) is 15.4. The third-order valence-corrected chi connectivity index (χ3v) is 5.78. The van der Waals surface area contributed by atoms with E-state index in [1.165, 1.54) is 18.4 Å². The molecule has 4 rings (SSSR count). The molecule has 0 aliphatic heterocycles. The van der Waals surface area contributed by atoms with E-state index in [2.05, 4.69) is 39.9 Å². The molecule has 0 saturated heterocycles. The van der Waals surface area contributed by atoms with Crippen LogP contribution in [0.3, 0.4) is 0 Å². The summed E-state index contributed by atoms with van der Waals surface area (Å²) in [5.74, 6) is -0.238. The molecular formula is C26H27N5OS. The Morgan fingerprint density at radius 2 is 1.67 bits per heavy atom. The highest BCUT2D eigenvalue weighted by molar-refractivity contribution is 7.80. The van der Waals surface area contributed by atoms with Crippen LogP contribution in [-0.2, 0) is 6.42 Å². The second-order valence-electron chi connectivity index (χ2n) is 8.14. The van der Waals surface area contributed by atoms with Gasteiger partial charge in [0, 0.05) is 11.3 Å². The molecule has 0 fully saturated rings. The molecular weight excluding hydrogens is 430 g/mol. The van der Waals surface area contributed by atoms with Crippen LogP contribution in [0, 0.1) is 13.8 Å². The Kier molecular flexibility index (Phi) is 6.79. The van der Waals surface area contributed by atoms with E-state index in [0.717, 1.165) is 40.0 Å². The molecule has 2 N–H and O–H groups in total. The lowest BCUT2D eigenvalue weighted by molar-refractivity contribution is 0.0977. The van der Waals surface area contributed by atoms with Crippen molar-refractivity contribution in [3.63, 3.8) is 0 Å². The van der Waals surface area contributed by atoms with Crippen molar-refractivity contribution in [1.29, 1.82) is 0 Å². The van der Waals surface area contributed by atoms with Crippen molar-refractivity contribution in [2.45, 2.75) is 40.0 Å². The van der Waals surface area contributed by atoms with Crippen LogP contribution in [0.4, 0.5) is 5.69 Å². The molecule has 168 valence electrons. The van der Waals surface area contributed by atoms with E-state index < -0.39 is 0 Å². The van der Waals surface area contributed by atoms with Crippen LogP contribution in [-0.4, -0.2) is 26.0 Å². The molecule has 0 spiro atoms. The minimum Gasteiger partial charge on any atom is -0.332 e. The molecule has 3 aromatic carbocycles. The van der Waals surface area contributed by atoms with Crippen molar-refractivity contribution in [3.05, 3.63) is 82.9 Å². The molecule has 33 heavy (non-hydrogen) atoms. The molecule has 1 heterocycles. The van der Waals surface area contributed by atoms with Gasteiger partial charge in [0.25, 0.3) is 5.91 Å². The highest BCUT2D eigenvalue weighted by Crippen LogP contribution is 2.22. The number of anilines is 1. The van der Waals surface area contributed by atoms with Crippen molar-refractivity contribution in [2.75, 3.05) is 5.32 Å². The summed E-state index contributed by atoms with van der Waals surface area (Å²) in [6.45, 7) is 6.06. The van der Waals surface area contributed by atoms with Gasteiger partial charge in [0.2, 0.25) is 0 Å². The number of fused-ring (bicyclic) bond motifs is 1. The smallest absolute Gasteiger partial charge is 0.257 e. The Morgan fingerprint density at radius 3 is 2.36 bits per heavy atom. The van der Waals surface area contributed by atoms with Crippen LogP contribution in [0.5, 0.6) is 0 Å². The molecule has 1 amide bonds. The summed E-state index contributed by atoms with van der Waals surface area (Å²) in [6.07, 6.45) is 3.45. The van der Waals surface area contributed by atoms with Gasteiger partial charge in [-0.3, -0.25) is 10.1 Å². The molecule has 0 atom stereocenters. The second kappa shape index (κ2) is 9.92. The number of hydrogen-bond donors (Lipinski definition) is 2. The first kappa shape index (κ1) is 22.6. The molecule has 0 aliphatic rings. The molecule has 0 aliphatic carbocycles. The third-order valence-electron chi connectivity index (χ3n) is 5.58. The maximum absolute atomic E-state index is 12.5. The van der Waals surface area contributed by atoms with Gasteiger partial charge < -0.3 is 5.32 Å². The van der Waals surface area contributed by atoms with Crippen molar-refractivity contribution in [1.82, 2.24) is 20.3 Å². The first-order chi connectivity index (χ1) is 15.9. The lowest BCUT2D eigenvalue weighted by Crippen LogP contribution is -2.34. The number of rotatable bonds is 6. The van der Waals surface area contributed by atoms with Crippen LogP contribution in [0.15, 0.2) is 60.7 Å². The summed E-state index contributed by atoms with van der Waals surface area (Å²) in [6, 6.07) is 19.6. The van der Waals surface area contributed by atoms with Gasteiger partial charge in [0.05, 0.1) is 5.69 Å². The first-order valence-electron chi connectivity index (χ1n) is 11.1. The van der Waals surface area contributed by atoms with Crippen molar-refractivity contribution < 1.29 is 4.79 Å². The number of amides is 1. The Balaban J connectivity index is 1.50. The number of aromatic nitrogens is 3. The molecule has 4 aromatic rings. The lowest BCUT2D eigenvalue weighted by Gasteiger charge is -2.12. The van der Waals surface area contributed by atoms with Gasteiger partial charge in [-0.1, -0.05) is 43.7 Å². The van der Waals surface area contributed by atoms with Gasteiger partial charge >= 0.3 is 0 Å². The monoisotopic (exact) mass is 457 g/mol. The van der Waals surface area contributed by atoms with Crippen molar-refractivity contribution in [2.24, 2.45) is 0 Å². The number of carbonyl (C=O) groups is 1. The van der Waals surface area contributed by atoms with Crippen molar-refractivity contribution >= 4 is 40.0 Å². The molecule has 0 saturated carbocycles. The van der Waals surface area contributed by atoms with Gasteiger partial charge in [-0.15, -0.1) is 10.2 Å². The molecule has 0 bridgehead atoms. The third kappa shape index (κ3) is 5.26. The van der Waals surface area contributed by atoms with E-state index in [-0.39, 0.29) is 11.0 Å². The van der Waals surface area contributed by atoms with Gasteiger partial charge in [-0.05, 0) is 85.9 Å². The number of nitrogens with zero attached hydrogens (tertiary/aromatic N) is 3. The summed E-state index contributed by atoms with van der Waals surface area (Å²) >= 11 is 5.38. The summed E-state index contributed by atoms with van der Waals surface area (Å²) in [5.41, 5.74) is 6.99. The number of hydrogen-bond acceptors (Lipinski definition) is 4. The van der Waals surface area contributed by atoms with E-state index in [0.29, 0.717) is 5.56 Å². The predicted octanol–water partition coefficient (Wildman–Crippen LogP) is 5.51. The largest absolute Gasteiger partial charge is 0.332 e. The van der Waals surface area contributed by atoms with Crippen LogP contribution >= 0.6 is 12.2 Å². The Bertz CT molecular complexity index is 1310. The minimum absolute atomic E-state index is 0.237. The second-order valence-corrected chi connectivity index (χ2v) is 8.55. The quantitative estimate of drug-likeness (QED) is 0.374. The standard InChI is InChI=1S/C26H27N5OS/c1-4-5-9-19-11-13-20(14-12-19)31-29-23-15-18(3)22(16-24(23)30-31)27-26(33)28-25(32)21-10-7-6-8-17(21)2/h6-8,10-16H,4-5,9H2,1-3H3,(H2,27,28,32,33). The fourth-order valence-corrected chi connectivity index (χ4v) is 3.85. The SMILES string of the molecule is CCCCc1ccc(-n2nc3cc(C)c(NC(=S)NC(=O)c4ccccc4C)cc3n2)cc1. The Morgan fingerprint density at radius 1 is 0.970 bits per heavy atom. The summed E-state index contributed by atoms with van der Waals surface area (Å²) in [7, 11) is 0. The van der Waals surface area contributed by atoms with E-state index in [9.17, 15) is 4.79 Å². The van der Waals surface area contributed by atoms with Gasteiger partial charge in [-0.2, -0.15) is 4.80 Å². The fourth-order valence-electron chi connectivity index (χ4n) is 3.65. The zero-order valence-corrected chi connectivity index (χ0v) is 19.9. The normalized spacial score (nSPS) is 10.9. The highest BCUT2D eigenvalue weighted by Gasteiger charge is 2.13. The number of nitrogens with one attached hydrogen (secondary N) is 2. The van der Waals surface area contributed by atoms with Crippen LogP contribution in [0.1, 0.15) is 46.8 Å².